The molecule has 0 fully saturated rings. The summed E-state index contributed by atoms with van der Waals surface area (Å²) in [4.78, 5) is 15.9. The highest BCUT2D eigenvalue weighted by molar-refractivity contribution is 5.76. The van der Waals surface area contributed by atoms with Gasteiger partial charge in [0.1, 0.15) is 11.6 Å². The molecule has 0 saturated carbocycles. The van der Waals surface area contributed by atoms with Crippen LogP contribution in [0.4, 0.5) is 0 Å². The number of ether oxygens (including phenoxy) is 1. The zero-order valence-electron chi connectivity index (χ0n) is 16.3. The summed E-state index contributed by atoms with van der Waals surface area (Å²) in [6, 6.07) is 14.4. The number of para-hydroxylation sites is 2. The second kappa shape index (κ2) is 8.71. The Hall–Kier alpha value is -2.82. The molecule has 3 aromatic rings. The van der Waals surface area contributed by atoms with Crippen molar-refractivity contribution in [1.82, 2.24) is 14.9 Å². The number of aryl methyl sites for hydroxylation is 3. The summed E-state index contributed by atoms with van der Waals surface area (Å²) in [5.41, 5.74) is 4.48. The van der Waals surface area contributed by atoms with Gasteiger partial charge in [-0.25, -0.2) is 4.98 Å². The topological polar surface area (TPSA) is 56.2 Å². The van der Waals surface area contributed by atoms with Crippen molar-refractivity contribution in [1.29, 1.82) is 0 Å². The van der Waals surface area contributed by atoms with E-state index in [0.717, 1.165) is 41.1 Å². The number of benzene rings is 2. The Morgan fingerprint density at radius 3 is 2.81 bits per heavy atom. The molecule has 1 N–H and O–H groups in total. The zero-order valence-corrected chi connectivity index (χ0v) is 16.3. The molecule has 27 heavy (non-hydrogen) atoms. The van der Waals surface area contributed by atoms with Gasteiger partial charge in [-0.05, 0) is 49.6 Å². The first-order valence-corrected chi connectivity index (χ1v) is 9.43. The first-order valence-electron chi connectivity index (χ1n) is 9.43. The molecule has 5 nitrogen and oxygen atoms in total. The third kappa shape index (κ3) is 4.88. The predicted octanol–water partition coefficient (Wildman–Crippen LogP) is 3.80. The summed E-state index contributed by atoms with van der Waals surface area (Å²) in [6.45, 7) is 7.76. The third-order valence-corrected chi connectivity index (χ3v) is 4.58. The van der Waals surface area contributed by atoms with Crippen molar-refractivity contribution in [2.75, 3.05) is 13.2 Å². The smallest absolute Gasteiger partial charge is 0.216 e. The number of carbonyl (C=O) groups excluding carboxylic acids is 1. The highest BCUT2D eigenvalue weighted by Crippen LogP contribution is 2.20. The van der Waals surface area contributed by atoms with Crippen LogP contribution in [0.3, 0.4) is 0 Å². The average molecular weight is 365 g/mol. The van der Waals surface area contributed by atoms with Crippen LogP contribution >= 0.6 is 0 Å². The van der Waals surface area contributed by atoms with Crippen molar-refractivity contribution in [3.63, 3.8) is 0 Å². The second-order valence-electron chi connectivity index (χ2n) is 6.87. The maximum Gasteiger partial charge on any atom is 0.216 e. The number of nitrogens with zero attached hydrogens (tertiary/aromatic N) is 2. The molecule has 1 amide bonds. The molecule has 3 rings (SSSR count). The third-order valence-electron chi connectivity index (χ3n) is 4.58. The van der Waals surface area contributed by atoms with Crippen molar-refractivity contribution in [2.45, 2.75) is 40.2 Å². The van der Waals surface area contributed by atoms with Crippen molar-refractivity contribution in [3.05, 3.63) is 59.4 Å². The molecule has 0 aliphatic heterocycles. The van der Waals surface area contributed by atoms with Gasteiger partial charge in [0.25, 0.3) is 0 Å². The number of amides is 1. The minimum Gasteiger partial charge on any atom is -0.493 e. The Morgan fingerprint density at radius 2 is 2.00 bits per heavy atom. The zero-order chi connectivity index (χ0) is 19.2. The quantitative estimate of drug-likeness (QED) is 0.618. The van der Waals surface area contributed by atoms with Crippen molar-refractivity contribution in [3.8, 4) is 5.75 Å². The molecule has 0 atom stereocenters. The number of imidazole rings is 1. The van der Waals surface area contributed by atoms with Crippen LogP contribution in [-0.4, -0.2) is 28.6 Å². The van der Waals surface area contributed by atoms with E-state index in [1.165, 1.54) is 12.5 Å². The minimum absolute atomic E-state index is 0.0143. The number of nitrogens with one attached hydrogen (secondary N) is 1. The molecule has 0 bridgehead atoms. The molecule has 0 aliphatic carbocycles. The van der Waals surface area contributed by atoms with Crippen LogP contribution in [0.5, 0.6) is 5.75 Å². The lowest BCUT2D eigenvalue weighted by molar-refractivity contribution is -0.118. The van der Waals surface area contributed by atoms with Gasteiger partial charge in [0.2, 0.25) is 5.91 Å². The largest absolute Gasteiger partial charge is 0.493 e. The average Bonchev–Trinajstić information content (AvgIpc) is 2.99. The fourth-order valence-corrected chi connectivity index (χ4v) is 3.18. The van der Waals surface area contributed by atoms with Gasteiger partial charge in [0.15, 0.2) is 0 Å². The maximum absolute atomic E-state index is 11.1. The number of carbonyl (C=O) groups is 1. The summed E-state index contributed by atoms with van der Waals surface area (Å²) in [5.74, 6) is 1.94. The SMILES string of the molecule is CC(=O)NCCc1nc2ccccc2n1CCCOc1cc(C)ccc1C. The van der Waals surface area contributed by atoms with Crippen molar-refractivity contribution in [2.24, 2.45) is 0 Å². The predicted molar refractivity (Wildman–Crippen MR) is 108 cm³/mol. The Morgan fingerprint density at radius 1 is 1.19 bits per heavy atom. The van der Waals surface area contributed by atoms with E-state index >= 15 is 0 Å². The molecule has 5 heteroatoms. The van der Waals surface area contributed by atoms with Crippen molar-refractivity contribution >= 4 is 16.9 Å². The molecule has 0 aliphatic rings. The number of aromatic nitrogens is 2. The van der Waals surface area contributed by atoms with Gasteiger partial charge < -0.3 is 14.6 Å². The molecule has 0 saturated heterocycles. The van der Waals surface area contributed by atoms with Gasteiger partial charge in [-0.15, -0.1) is 0 Å². The molecular weight excluding hydrogens is 338 g/mol. The van der Waals surface area contributed by atoms with Gasteiger partial charge in [0, 0.05) is 26.4 Å². The lowest BCUT2D eigenvalue weighted by Gasteiger charge is -2.12. The van der Waals surface area contributed by atoms with Gasteiger partial charge in [-0.3, -0.25) is 4.79 Å². The molecular formula is C22H27N3O2. The highest BCUT2D eigenvalue weighted by Gasteiger charge is 2.10. The van der Waals surface area contributed by atoms with Gasteiger partial charge >= 0.3 is 0 Å². The van der Waals surface area contributed by atoms with E-state index in [9.17, 15) is 4.79 Å². The van der Waals surface area contributed by atoms with Crippen LogP contribution in [0.2, 0.25) is 0 Å². The summed E-state index contributed by atoms with van der Waals surface area (Å²) in [7, 11) is 0. The molecule has 1 heterocycles. The molecule has 0 radical (unpaired) electrons. The Kier molecular flexibility index (Phi) is 6.12. The summed E-state index contributed by atoms with van der Waals surface area (Å²) in [6.07, 6.45) is 1.60. The fourth-order valence-electron chi connectivity index (χ4n) is 3.18. The number of rotatable bonds is 8. The molecule has 2 aromatic carbocycles. The summed E-state index contributed by atoms with van der Waals surface area (Å²) < 4.78 is 8.23. The van der Waals surface area contributed by atoms with E-state index < -0.39 is 0 Å². The Balaban J connectivity index is 1.66. The van der Waals surface area contributed by atoms with Crippen molar-refractivity contribution < 1.29 is 9.53 Å². The Labute approximate surface area is 160 Å². The van der Waals surface area contributed by atoms with Gasteiger partial charge in [0.05, 0.1) is 17.6 Å². The minimum atomic E-state index is -0.0143. The number of hydrogen-bond donors (Lipinski definition) is 1. The lowest BCUT2D eigenvalue weighted by atomic mass is 10.1. The standard InChI is InChI=1S/C22H27N3O2/c1-16-9-10-17(2)21(15-16)27-14-6-13-25-20-8-5-4-7-19(20)24-22(25)11-12-23-18(3)26/h4-5,7-10,15H,6,11-14H2,1-3H3,(H,23,26). The molecule has 0 unspecified atom stereocenters. The van der Waals surface area contributed by atoms with E-state index in [1.807, 2.05) is 18.2 Å². The Bertz CT molecular complexity index is 930. The van der Waals surface area contributed by atoms with Gasteiger partial charge in [-0.1, -0.05) is 24.3 Å². The van der Waals surface area contributed by atoms with E-state index in [4.69, 9.17) is 9.72 Å². The molecule has 142 valence electrons. The molecule has 0 spiro atoms. The maximum atomic E-state index is 11.1. The van der Waals surface area contributed by atoms with E-state index in [1.54, 1.807) is 0 Å². The lowest BCUT2D eigenvalue weighted by Crippen LogP contribution is -2.23. The van der Waals surface area contributed by atoms with E-state index in [0.29, 0.717) is 19.6 Å². The van der Waals surface area contributed by atoms with Crippen LogP contribution in [0.1, 0.15) is 30.3 Å². The van der Waals surface area contributed by atoms with Crippen LogP contribution in [0.25, 0.3) is 11.0 Å². The van der Waals surface area contributed by atoms with Crippen LogP contribution in [0.15, 0.2) is 42.5 Å². The van der Waals surface area contributed by atoms with E-state index in [-0.39, 0.29) is 5.91 Å². The van der Waals surface area contributed by atoms with E-state index in [2.05, 4.69) is 48.0 Å². The fraction of sp³-hybridized carbons (Fsp3) is 0.364. The van der Waals surface area contributed by atoms with Gasteiger partial charge in [-0.2, -0.15) is 0 Å². The van der Waals surface area contributed by atoms with Crippen LogP contribution in [0, 0.1) is 13.8 Å². The first kappa shape index (κ1) is 19.0. The van der Waals surface area contributed by atoms with Crippen LogP contribution in [-0.2, 0) is 17.8 Å². The highest BCUT2D eigenvalue weighted by atomic mass is 16.5. The first-order chi connectivity index (χ1) is 13.0. The summed E-state index contributed by atoms with van der Waals surface area (Å²) >= 11 is 0. The summed E-state index contributed by atoms with van der Waals surface area (Å²) in [5, 5.41) is 2.85. The normalized spacial score (nSPS) is 10.9. The van der Waals surface area contributed by atoms with Crippen LogP contribution < -0.4 is 10.1 Å². The number of fused-ring (bicyclic) bond motifs is 1. The molecule has 1 aromatic heterocycles. The second-order valence-corrected chi connectivity index (χ2v) is 6.87. The number of hydrogen-bond acceptors (Lipinski definition) is 3. The monoisotopic (exact) mass is 365 g/mol.